The van der Waals surface area contributed by atoms with Gasteiger partial charge < -0.3 is 14.3 Å². The van der Waals surface area contributed by atoms with Gasteiger partial charge in [0, 0.05) is 27.9 Å². The summed E-state index contributed by atoms with van der Waals surface area (Å²) >= 11 is 0.585. The van der Waals surface area contributed by atoms with Crippen LogP contribution in [0, 0.1) is 0 Å². The number of halogens is 6. The van der Waals surface area contributed by atoms with E-state index in [4.69, 9.17) is 9.47 Å². The molecule has 4 aromatic rings. The number of sulfonamides is 1. The molecule has 2 heterocycles. The Bertz CT molecular complexity index is 1680. The zero-order valence-electron chi connectivity index (χ0n) is 20.1. The average Bonchev–Trinajstić information content (AvgIpc) is 3.43. The first-order valence-electron chi connectivity index (χ1n) is 10.6. The molecule has 0 aliphatic rings. The van der Waals surface area contributed by atoms with Crippen molar-refractivity contribution in [3.05, 3.63) is 59.7 Å². The van der Waals surface area contributed by atoms with E-state index in [1.54, 1.807) is 0 Å². The summed E-state index contributed by atoms with van der Waals surface area (Å²) in [6.45, 7) is 0. The number of anilines is 1. The Kier molecular flexibility index (Phi) is 7.55. The van der Waals surface area contributed by atoms with Crippen molar-refractivity contribution in [1.29, 1.82) is 0 Å². The van der Waals surface area contributed by atoms with Crippen LogP contribution in [0.5, 0.6) is 11.5 Å². The summed E-state index contributed by atoms with van der Waals surface area (Å²) < 4.78 is 115. The minimum atomic E-state index is -5.51. The van der Waals surface area contributed by atoms with E-state index in [1.807, 2.05) is 0 Å². The molecule has 2 aromatic heterocycles. The lowest BCUT2D eigenvalue weighted by Gasteiger charge is -2.21. The van der Waals surface area contributed by atoms with Gasteiger partial charge in [-0.05, 0) is 30.3 Å². The zero-order valence-corrected chi connectivity index (χ0v) is 21.7. The van der Waals surface area contributed by atoms with E-state index in [-0.39, 0.29) is 38.0 Å². The van der Waals surface area contributed by atoms with Crippen molar-refractivity contribution < 1.29 is 53.9 Å². The first-order chi connectivity index (χ1) is 18.7. The Morgan fingerprint density at radius 2 is 1.62 bits per heavy atom. The van der Waals surface area contributed by atoms with E-state index >= 15 is 0 Å². The van der Waals surface area contributed by atoms with Crippen LogP contribution < -0.4 is 13.9 Å². The highest BCUT2D eigenvalue weighted by Gasteiger charge is 2.45. The van der Waals surface area contributed by atoms with Gasteiger partial charge in [-0.1, -0.05) is 10.5 Å². The van der Waals surface area contributed by atoms with Gasteiger partial charge in [0.05, 0.1) is 36.6 Å². The number of aromatic nitrogens is 2. The number of rotatable bonds is 7. The second-order valence-corrected chi connectivity index (χ2v) is 10.3. The monoisotopic (exact) mass is 607 g/mol. The summed E-state index contributed by atoms with van der Waals surface area (Å²) in [7, 11) is -2.60. The summed E-state index contributed by atoms with van der Waals surface area (Å²) in [4.78, 5) is 22.9. The molecule has 0 amide bonds. The Balaban J connectivity index is 1.88. The molecule has 4 rings (SSSR count). The smallest absolute Gasteiger partial charge is 0.493 e. The summed E-state index contributed by atoms with van der Waals surface area (Å²) in [5, 5.41) is 0.925. The molecule has 0 aliphatic heterocycles. The van der Waals surface area contributed by atoms with E-state index in [0.717, 1.165) is 43.6 Å². The number of pyridine rings is 1. The van der Waals surface area contributed by atoms with Crippen LogP contribution in [0.15, 0.2) is 59.1 Å². The van der Waals surface area contributed by atoms with Crippen LogP contribution in [0.1, 0.15) is 5.56 Å². The van der Waals surface area contributed by atoms with Crippen molar-refractivity contribution in [2.24, 2.45) is 0 Å². The Labute approximate surface area is 225 Å². The van der Waals surface area contributed by atoms with Crippen LogP contribution in [0.2, 0.25) is 0 Å². The van der Waals surface area contributed by atoms with Gasteiger partial charge in [-0.15, -0.1) is 11.3 Å². The van der Waals surface area contributed by atoms with Crippen molar-refractivity contribution in [2.75, 3.05) is 18.7 Å². The average molecular weight is 608 g/mol. The molecule has 0 unspecified atom stereocenters. The number of carbonyl (C=O) groups is 1. The number of fused-ring (bicyclic) bond motifs is 1. The molecule has 9 nitrogen and oxygen atoms in total. The normalized spacial score (nSPS) is 12.3. The molecule has 0 saturated heterocycles. The fraction of sp³-hybridized carbons (Fsp3) is 0.174. The van der Waals surface area contributed by atoms with Crippen LogP contribution in [0.4, 0.5) is 31.5 Å². The molecule has 0 spiro atoms. The summed E-state index contributed by atoms with van der Waals surface area (Å²) in [5.41, 5.74) is -0.761. The Hall–Kier alpha value is -4.12. The van der Waals surface area contributed by atoms with Gasteiger partial charge in [-0.25, -0.2) is 9.78 Å². The maximum absolute atomic E-state index is 13.4. The van der Waals surface area contributed by atoms with Gasteiger partial charge in [-0.3, -0.25) is 4.98 Å². The van der Waals surface area contributed by atoms with Crippen molar-refractivity contribution >= 4 is 43.2 Å². The predicted octanol–water partition coefficient (Wildman–Crippen LogP) is 5.61. The van der Waals surface area contributed by atoms with Gasteiger partial charge in [0.25, 0.3) is 10.0 Å². The highest BCUT2D eigenvalue weighted by Crippen LogP contribution is 2.41. The second-order valence-electron chi connectivity index (χ2n) is 7.72. The van der Waals surface area contributed by atoms with Crippen LogP contribution in [-0.4, -0.2) is 44.8 Å². The maximum atomic E-state index is 13.4. The van der Waals surface area contributed by atoms with Crippen LogP contribution in [0.3, 0.4) is 0 Å². The number of hydrogen-bond donors (Lipinski definition) is 0. The second kappa shape index (κ2) is 10.5. The number of benzene rings is 2. The highest BCUT2D eigenvalue weighted by molar-refractivity contribution is 7.92. The van der Waals surface area contributed by atoms with E-state index in [2.05, 4.69) is 14.8 Å². The Morgan fingerprint density at radius 3 is 2.20 bits per heavy atom. The van der Waals surface area contributed by atoms with Crippen LogP contribution >= 0.6 is 11.3 Å². The number of alkyl halides is 6. The van der Waals surface area contributed by atoms with E-state index < -0.39 is 43.9 Å². The van der Waals surface area contributed by atoms with Crippen molar-refractivity contribution in [1.82, 2.24) is 9.97 Å². The minimum Gasteiger partial charge on any atom is -0.496 e. The third-order valence-corrected chi connectivity index (χ3v) is 7.70. The number of thiazole rings is 1. The van der Waals surface area contributed by atoms with Gasteiger partial charge in [-0.2, -0.15) is 34.8 Å². The first kappa shape index (κ1) is 28.9. The van der Waals surface area contributed by atoms with Gasteiger partial charge >= 0.3 is 18.3 Å². The summed E-state index contributed by atoms with van der Waals surface area (Å²) in [6, 6.07) is 5.94. The third-order valence-electron chi connectivity index (χ3n) is 5.32. The molecule has 0 atom stereocenters. The molecular weight excluding hydrogens is 592 g/mol. The van der Waals surface area contributed by atoms with Crippen molar-refractivity contribution in [2.45, 2.75) is 17.2 Å². The van der Waals surface area contributed by atoms with Crippen LogP contribution in [0.25, 0.3) is 22.0 Å². The number of methoxy groups -OCH3 is 2. The quantitative estimate of drug-likeness (QED) is 0.197. The molecule has 0 N–H and O–H groups in total. The topological polar surface area (TPSA) is 108 Å². The molecule has 0 fully saturated rings. The zero-order chi connectivity index (χ0) is 29.5. The molecule has 2 aromatic carbocycles. The molecule has 40 heavy (non-hydrogen) atoms. The Morgan fingerprint density at radius 1 is 0.925 bits per heavy atom. The SMILES string of the molecule is COc1cc(C(F)(F)F)ccc1-c1ncc(OC)c2cc(S(=O)(=O)N(OC(=O)C(F)(F)F)c3nccs3)ccc12. The van der Waals surface area contributed by atoms with Crippen molar-refractivity contribution in [3.8, 4) is 22.8 Å². The number of ether oxygens (including phenoxy) is 2. The fourth-order valence-corrected chi connectivity index (χ4v) is 5.55. The van der Waals surface area contributed by atoms with Gasteiger partial charge in [0.15, 0.2) is 0 Å². The predicted molar refractivity (Wildman–Crippen MR) is 129 cm³/mol. The number of nitrogens with zero attached hydrogens (tertiary/aromatic N) is 3. The third kappa shape index (κ3) is 5.46. The molecular formula is C23H15F6N3O6S2. The first-order valence-corrected chi connectivity index (χ1v) is 13.0. The molecule has 0 radical (unpaired) electrons. The molecule has 212 valence electrons. The highest BCUT2D eigenvalue weighted by atomic mass is 32.2. The van der Waals surface area contributed by atoms with E-state index in [9.17, 15) is 39.6 Å². The minimum absolute atomic E-state index is 0.0229. The fourth-order valence-electron chi connectivity index (χ4n) is 3.52. The van der Waals surface area contributed by atoms with E-state index in [1.165, 1.54) is 24.8 Å². The van der Waals surface area contributed by atoms with E-state index in [0.29, 0.717) is 11.3 Å². The molecule has 0 bridgehead atoms. The summed E-state index contributed by atoms with van der Waals surface area (Å²) in [5.74, 6) is -2.96. The number of carbonyl (C=O) groups excluding carboxylic acids is 1. The lowest BCUT2D eigenvalue weighted by atomic mass is 10.0. The van der Waals surface area contributed by atoms with Crippen molar-refractivity contribution in [3.63, 3.8) is 0 Å². The van der Waals surface area contributed by atoms with Crippen LogP contribution in [-0.2, 0) is 25.8 Å². The lowest BCUT2D eigenvalue weighted by Crippen LogP contribution is -2.38. The van der Waals surface area contributed by atoms with Gasteiger partial charge in [0.2, 0.25) is 5.13 Å². The van der Waals surface area contributed by atoms with Gasteiger partial charge in [0.1, 0.15) is 11.5 Å². The molecule has 0 aliphatic carbocycles. The standard InChI is InChI=1S/C23H15F6N3O6S2/c1-36-17-9-12(22(24,25)26)3-5-15(17)19-14-6-4-13(10-16(14)18(37-2)11-31-19)40(34,35)32(21-30-7-8-39-21)38-20(33)23(27,28)29/h3-11H,1-2H3. The molecule has 0 saturated carbocycles. The number of hydrogen-bond acceptors (Lipinski definition) is 9. The largest absolute Gasteiger partial charge is 0.496 e. The maximum Gasteiger partial charge on any atom is 0.493 e. The lowest BCUT2D eigenvalue weighted by molar-refractivity contribution is -0.199. The molecule has 17 heteroatoms. The summed E-state index contributed by atoms with van der Waals surface area (Å²) in [6.07, 6.45) is -7.90.